The van der Waals surface area contributed by atoms with Gasteiger partial charge in [-0.2, -0.15) is 0 Å². The zero-order valence-corrected chi connectivity index (χ0v) is 22.7. The average molecular weight is 552 g/mol. The first-order valence-electron chi connectivity index (χ1n) is 12.9. The van der Waals surface area contributed by atoms with E-state index in [2.05, 4.69) is 32.8 Å². The van der Waals surface area contributed by atoms with Crippen LogP contribution in [0, 0.1) is 0 Å². The number of nitrogens with one attached hydrogen (secondary N) is 1. The second kappa shape index (κ2) is 14.3. The van der Waals surface area contributed by atoms with Crippen LogP contribution < -0.4 is 15.8 Å². The highest BCUT2D eigenvalue weighted by molar-refractivity contribution is 6.32. The van der Waals surface area contributed by atoms with Crippen LogP contribution in [0.2, 0.25) is 5.02 Å². The topological polar surface area (TPSA) is 125 Å². The number of benzene rings is 2. The Morgan fingerprint density at radius 1 is 1.08 bits per heavy atom. The van der Waals surface area contributed by atoms with Gasteiger partial charge in [-0.05, 0) is 61.2 Å². The lowest BCUT2D eigenvalue weighted by atomic mass is 10.1. The van der Waals surface area contributed by atoms with Crippen molar-refractivity contribution in [2.75, 3.05) is 32.2 Å². The second-order valence-electron chi connectivity index (χ2n) is 8.84. The molecule has 0 atom stereocenters. The third-order valence-corrected chi connectivity index (χ3v) is 6.37. The van der Waals surface area contributed by atoms with Crippen molar-refractivity contribution in [3.8, 4) is 11.5 Å². The number of aliphatic hydroxyl groups is 1. The molecule has 39 heavy (non-hydrogen) atoms. The van der Waals surface area contributed by atoms with E-state index in [1.54, 1.807) is 18.3 Å². The fraction of sp³-hybridized carbons (Fsp3) is 0.321. The van der Waals surface area contributed by atoms with E-state index in [1.165, 1.54) is 5.56 Å². The van der Waals surface area contributed by atoms with Gasteiger partial charge in [0.15, 0.2) is 0 Å². The molecule has 0 bridgehead atoms. The Bertz CT molecular complexity index is 1340. The molecule has 2 aromatic carbocycles. The molecule has 0 saturated heterocycles. The first-order chi connectivity index (χ1) is 19.1. The van der Waals surface area contributed by atoms with Crippen LogP contribution in [0.1, 0.15) is 24.1 Å². The van der Waals surface area contributed by atoms with Crippen LogP contribution >= 0.6 is 11.6 Å². The standard InChI is InChI=1S/C28H34ClN7O3/c1-31-25-11-14-35(16-18-38-19-17-37)27(25)28(30)33-22-7-10-26(24(29)20-22)39-23-8-5-21(6-9-23)4-2-3-13-36-15-12-32-34-36/h5-12,14-15,20,31,37H,2-4,13,16-19H2,1H3,(H2,30,33). The quantitative estimate of drug-likeness (QED) is 0.112. The molecular formula is C28H34ClN7O3. The molecule has 0 amide bonds. The summed E-state index contributed by atoms with van der Waals surface area (Å²) in [5.41, 5.74) is 9.86. The number of aromatic nitrogens is 4. The van der Waals surface area contributed by atoms with Crippen LogP contribution in [0.15, 0.2) is 72.1 Å². The molecule has 2 heterocycles. The largest absolute Gasteiger partial charge is 0.456 e. The molecule has 0 radical (unpaired) electrons. The monoisotopic (exact) mass is 551 g/mol. The normalized spacial score (nSPS) is 11.6. The Kier molecular flexibility index (Phi) is 10.4. The Morgan fingerprint density at radius 2 is 1.92 bits per heavy atom. The number of nitrogens with two attached hydrogens (primary N) is 1. The average Bonchev–Trinajstić information content (AvgIpc) is 3.61. The van der Waals surface area contributed by atoms with Crippen molar-refractivity contribution in [2.45, 2.75) is 32.4 Å². The minimum atomic E-state index is -0.0119. The van der Waals surface area contributed by atoms with Crippen molar-refractivity contribution < 1.29 is 14.6 Å². The van der Waals surface area contributed by atoms with E-state index in [0.717, 1.165) is 37.2 Å². The Morgan fingerprint density at radius 3 is 2.64 bits per heavy atom. The maximum absolute atomic E-state index is 8.91. The number of ether oxygens (including phenoxy) is 2. The Hall–Kier alpha value is -3.86. The summed E-state index contributed by atoms with van der Waals surface area (Å²) in [6.07, 6.45) is 8.58. The van der Waals surface area contributed by atoms with Crippen LogP contribution in [0.4, 0.5) is 11.4 Å². The van der Waals surface area contributed by atoms with Crippen LogP contribution in [-0.2, 0) is 24.2 Å². The van der Waals surface area contributed by atoms with Gasteiger partial charge in [-0.25, -0.2) is 4.99 Å². The molecule has 206 valence electrons. The maximum Gasteiger partial charge on any atom is 0.150 e. The van der Waals surface area contributed by atoms with Crippen LogP contribution in [0.5, 0.6) is 11.5 Å². The third kappa shape index (κ3) is 8.06. The summed E-state index contributed by atoms with van der Waals surface area (Å²) in [6, 6.07) is 15.3. The van der Waals surface area contributed by atoms with Crippen molar-refractivity contribution in [2.24, 2.45) is 10.7 Å². The summed E-state index contributed by atoms with van der Waals surface area (Å²) in [5.74, 6) is 1.59. The first kappa shape index (κ1) is 28.2. The zero-order chi connectivity index (χ0) is 27.5. The third-order valence-electron chi connectivity index (χ3n) is 6.08. The van der Waals surface area contributed by atoms with Gasteiger partial charge in [-0.3, -0.25) is 4.68 Å². The number of nitrogens with zero attached hydrogens (tertiary/aromatic N) is 5. The van der Waals surface area contributed by atoms with Crippen molar-refractivity contribution in [3.05, 3.63) is 83.4 Å². The highest BCUT2D eigenvalue weighted by atomic mass is 35.5. The number of unbranched alkanes of at least 4 members (excludes halogenated alkanes) is 1. The van der Waals surface area contributed by atoms with Crippen molar-refractivity contribution in [3.63, 3.8) is 0 Å². The molecule has 0 aliphatic rings. The highest BCUT2D eigenvalue weighted by Crippen LogP contribution is 2.33. The predicted molar refractivity (Wildman–Crippen MR) is 153 cm³/mol. The lowest BCUT2D eigenvalue weighted by Crippen LogP contribution is -2.21. The van der Waals surface area contributed by atoms with Gasteiger partial charge in [0.2, 0.25) is 0 Å². The lowest BCUT2D eigenvalue weighted by Gasteiger charge is -2.12. The fourth-order valence-corrected chi connectivity index (χ4v) is 4.33. The maximum atomic E-state index is 8.91. The van der Waals surface area contributed by atoms with Gasteiger partial charge in [0, 0.05) is 32.5 Å². The number of aliphatic hydroxyl groups excluding tert-OH is 1. The summed E-state index contributed by atoms with van der Waals surface area (Å²) >= 11 is 6.53. The molecule has 0 saturated carbocycles. The Balaban J connectivity index is 1.35. The van der Waals surface area contributed by atoms with Gasteiger partial charge < -0.3 is 30.2 Å². The first-order valence-corrected chi connectivity index (χ1v) is 13.3. The Labute approximate surface area is 233 Å². The molecule has 0 unspecified atom stereocenters. The molecule has 0 aliphatic heterocycles. The summed E-state index contributed by atoms with van der Waals surface area (Å²) in [6.45, 7) is 2.17. The number of aliphatic imine (C=N–C) groups is 1. The molecule has 0 fully saturated rings. The fourth-order valence-electron chi connectivity index (χ4n) is 4.12. The molecule has 4 N–H and O–H groups in total. The van der Waals surface area contributed by atoms with Gasteiger partial charge in [0.25, 0.3) is 0 Å². The molecule has 0 aliphatic carbocycles. The molecule has 4 rings (SSSR count). The summed E-state index contributed by atoms with van der Waals surface area (Å²) in [7, 11) is 1.83. The van der Waals surface area contributed by atoms with E-state index >= 15 is 0 Å². The number of hydrogen-bond acceptors (Lipinski definition) is 7. The van der Waals surface area contributed by atoms with Gasteiger partial charge in [-0.1, -0.05) is 28.9 Å². The summed E-state index contributed by atoms with van der Waals surface area (Å²) < 4.78 is 15.2. The molecule has 4 aromatic rings. The number of amidine groups is 1. The molecule has 11 heteroatoms. The van der Waals surface area contributed by atoms with E-state index in [9.17, 15) is 0 Å². The minimum Gasteiger partial charge on any atom is -0.456 e. The molecular weight excluding hydrogens is 518 g/mol. The zero-order valence-electron chi connectivity index (χ0n) is 22.0. The van der Waals surface area contributed by atoms with Gasteiger partial charge >= 0.3 is 0 Å². The second-order valence-corrected chi connectivity index (χ2v) is 9.25. The van der Waals surface area contributed by atoms with Crippen LogP contribution in [0.3, 0.4) is 0 Å². The number of hydrogen-bond donors (Lipinski definition) is 3. The smallest absolute Gasteiger partial charge is 0.150 e. The highest BCUT2D eigenvalue weighted by Gasteiger charge is 2.13. The SMILES string of the molecule is CNc1ccn(CCOCCO)c1C(N)=Nc1ccc(Oc2ccc(CCCCn3ccnn3)cc2)c(Cl)c1. The van der Waals surface area contributed by atoms with Crippen molar-refractivity contribution >= 4 is 28.8 Å². The predicted octanol–water partition coefficient (Wildman–Crippen LogP) is 4.64. The number of halogens is 1. The summed E-state index contributed by atoms with van der Waals surface area (Å²) in [5, 5.41) is 20.3. The number of anilines is 1. The number of aryl methyl sites for hydroxylation is 2. The lowest BCUT2D eigenvalue weighted by molar-refractivity contribution is 0.0870. The van der Waals surface area contributed by atoms with Crippen molar-refractivity contribution in [1.29, 1.82) is 0 Å². The van der Waals surface area contributed by atoms with Crippen LogP contribution in [0.25, 0.3) is 0 Å². The van der Waals surface area contributed by atoms with E-state index in [-0.39, 0.29) is 6.61 Å². The van der Waals surface area contributed by atoms with Gasteiger partial charge in [0.05, 0.1) is 42.4 Å². The van der Waals surface area contributed by atoms with E-state index in [0.29, 0.717) is 47.8 Å². The molecule has 2 aromatic heterocycles. The van der Waals surface area contributed by atoms with Gasteiger partial charge in [-0.15, -0.1) is 5.10 Å². The van der Waals surface area contributed by atoms with E-state index in [4.69, 9.17) is 31.9 Å². The minimum absolute atomic E-state index is 0.0119. The number of rotatable bonds is 15. The van der Waals surface area contributed by atoms with Gasteiger partial charge in [0.1, 0.15) is 23.0 Å². The summed E-state index contributed by atoms with van der Waals surface area (Å²) in [4.78, 5) is 4.59. The molecule has 0 spiro atoms. The van der Waals surface area contributed by atoms with Crippen LogP contribution in [-0.4, -0.2) is 57.4 Å². The van der Waals surface area contributed by atoms with E-state index < -0.39 is 0 Å². The van der Waals surface area contributed by atoms with E-state index in [1.807, 2.05) is 53.0 Å². The molecule has 10 nitrogen and oxygen atoms in total. The van der Waals surface area contributed by atoms with Crippen molar-refractivity contribution in [1.82, 2.24) is 19.6 Å².